The molecule has 0 fully saturated rings. The molecule has 0 saturated heterocycles. The van der Waals surface area contributed by atoms with Crippen LogP contribution in [0.5, 0.6) is 0 Å². The predicted octanol–water partition coefficient (Wildman–Crippen LogP) is 3.58. The molecule has 0 radical (unpaired) electrons. The molecule has 0 aliphatic rings. The van der Waals surface area contributed by atoms with Crippen molar-refractivity contribution in [2.45, 2.75) is 32.6 Å². The summed E-state index contributed by atoms with van der Waals surface area (Å²) in [6.45, 7) is 5.98. The quantitative estimate of drug-likeness (QED) is 0.782. The third kappa shape index (κ3) is 2.86. The number of alkyl halides is 1. The Morgan fingerprint density at radius 1 is 1.35 bits per heavy atom. The lowest BCUT2D eigenvalue weighted by Gasteiger charge is -2.03. The smallest absolute Gasteiger partial charge is 0.231 e. The Morgan fingerprint density at radius 3 is 2.76 bits per heavy atom. The molecule has 2 aromatic rings. The Labute approximate surface area is 106 Å². The van der Waals surface area contributed by atoms with Gasteiger partial charge in [-0.15, -0.1) is 11.6 Å². The zero-order valence-electron chi connectivity index (χ0n) is 10.2. The van der Waals surface area contributed by atoms with E-state index in [0.717, 1.165) is 0 Å². The number of hydrogen-bond acceptors (Lipinski definition) is 3. The maximum absolute atomic E-state index is 5.89. The van der Waals surface area contributed by atoms with Gasteiger partial charge in [0.15, 0.2) is 5.82 Å². The lowest BCUT2D eigenvalue weighted by Crippen LogP contribution is -1.94. The topological polar surface area (TPSA) is 38.9 Å². The molecular formula is C13H15ClN2O. The minimum Gasteiger partial charge on any atom is -0.339 e. The summed E-state index contributed by atoms with van der Waals surface area (Å²) < 4.78 is 5.18. The first kappa shape index (κ1) is 12.1. The molecule has 0 N–H and O–H groups in total. The number of nitrogens with zero attached hydrogens (tertiary/aromatic N) is 2. The van der Waals surface area contributed by atoms with Gasteiger partial charge in [-0.3, -0.25) is 0 Å². The molecule has 17 heavy (non-hydrogen) atoms. The Hall–Kier alpha value is -1.35. The molecule has 0 aliphatic carbocycles. The molecule has 3 nitrogen and oxygen atoms in total. The fourth-order valence-electron chi connectivity index (χ4n) is 1.66. The number of hydrogen-bond donors (Lipinski definition) is 0. The summed E-state index contributed by atoms with van der Waals surface area (Å²) in [6.07, 6.45) is 0.657. The van der Waals surface area contributed by atoms with Gasteiger partial charge in [0.05, 0.1) is 11.8 Å². The van der Waals surface area contributed by atoms with E-state index in [1.165, 1.54) is 16.7 Å². The van der Waals surface area contributed by atoms with Gasteiger partial charge < -0.3 is 4.52 Å². The lowest BCUT2D eigenvalue weighted by atomic mass is 10.0. The molecule has 4 heteroatoms. The second kappa shape index (κ2) is 4.88. The van der Waals surface area contributed by atoms with Crippen molar-refractivity contribution in [2.24, 2.45) is 0 Å². The largest absolute Gasteiger partial charge is 0.339 e. The molecule has 1 atom stereocenters. The maximum Gasteiger partial charge on any atom is 0.231 e. The fourth-order valence-corrected chi connectivity index (χ4v) is 1.74. The normalized spacial score (nSPS) is 12.7. The molecule has 1 aromatic carbocycles. The van der Waals surface area contributed by atoms with E-state index in [9.17, 15) is 0 Å². The average molecular weight is 251 g/mol. The van der Waals surface area contributed by atoms with E-state index >= 15 is 0 Å². The van der Waals surface area contributed by atoms with Crippen LogP contribution in [0.25, 0.3) is 0 Å². The standard InChI is InChI=1S/C13H15ClN2O/c1-8-4-5-9(2)11(6-8)7-12-15-13(10(3)14)16-17-12/h4-6,10H,7H2,1-3H3. The molecule has 0 aliphatic heterocycles. The summed E-state index contributed by atoms with van der Waals surface area (Å²) in [4.78, 5) is 4.27. The highest BCUT2D eigenvalue weighted by atomic mass is 35.5. The van der Waals surface area contributed by atoms with E-state index in [1.54, 1.807) is 0 Å². The first-order valence-corrected chi connectivity index (χ1v) is 6.02. The van der Waals surface area contributed by atoms with Crippen molar-refractivity contribution in [1.29, 1.82) is 0 Å². The maximum atomic E-state index is 5.89. The van der Waals surface area contributed by atoms with Gasteiger partial charge in [-0.05, 0) is 31.9 Å². The summed E-state index contributed by atoms with van der Waals surface area (Å²) in [5, 5.41) is 3.63. The van der Waals surface area contributed by atoms with Gasteiger partial charge in [0.2, 0.25) is 5.89 Å². The Bertz CT molecular complexity index is 520. The fraction of sp³-hybridized carbons (Fsp3) is 0.385. The molecule has 0 bridgehead atoms. The van der Waals surface area contributed by atoms with Crippen LogP contribution >= 0.6 is 11.6 Å². The third-order valence-corrected chi connectivity index (χ3v) is 2.88. The van der Waals surface area contributed by atoms with Gasteiger partial charge in [-0.1, -0.05) is 28.9 Å². The Balaban J connectivity index is 2.22. The van der Waals surface area contributed by atoms with Gasteiger partial charge in [-0.25, -0.2) is 0 Å². The van der Waals surface area contributed by atoms with Crippen molar-refractivity contribution in [2.75, 3.05) is 0 Å². The molecule has 1 unspecified atom stereocenters. The van der Waals surface area contributed by atoms with Crippen LogP contribution in [0.1, 0.15) is 40.7 Å². The van der Waals surface area contributed by atoms with Crippen LogP contribution in [-0.4, -0.2) is 10.1 Å². The van der Waals surface area contributed by atoms with Gasteiger partial charge >= 0.3 is 0 Å². The molecule has 90 valence electrons. The van der Waals surface area contributed by atoms with Gasteiger partial charge in [0.25, 0.3) is 0 Å². The zero-order chi connectivity index (χ0) is 12.4. The number of rotatable bonds is 3. The molecular weight excluding hydrogens is 236 g/mol. The minimum atomic E-state index is -0.217. The first-order chi connectivity index (χ1) is 8.06. The zero-order valence-corrected chi connectivity index (χ0v) is 11.0. The minimum absolute atomic E-state index is 0.217. The monoisotopic (exact) mass is 250 g/mol. The average Bonchev–Trinajstić information content (AvgIpc) is 2.72. The van der Waals surface area contributed by atoms with Crippen LogP contribution in [0, 0.1) is 13.8 Å². The van der Waals surface area contributed by atoms with Crippen LogP contribution < -0.4 is 0 Å². The molecule has 1 heterocycles. The predicted molar refractivity (Wildman–Crippen MR) is 67.3 cm³/mol. The van der Waals surface area contributed by atoms with Crippen molar-refractivity contribution in [3.63, 3.8) is 0 Å². The van der Waals surface area contributed by atoms with E-state index in [2.05, 4.69) is 42.2 Å². The highest BCUT2D eigenvalue weighted by Crippen LogP contribution is 2.18. The van der Waals surface area contributed by atoms with Gasteiger partial charge in [0.1, 0.15) is 0 Å². The van der Waals surface area contributed by atoms with Crippen LogP contribution in [-0.2, 0) is 6.42 Å². The van der Waals surface area contributed by atoms with Crippen molar-refractivity contribution in [3.8, 4) is 0 Å². The molecule has 1 aromatic heterocycles. The van der Waals surface area contributed by atoms with Crippen molar-refractivity contribution in [3.05, 3.63) is 46.6 Å². The summed E-state index contributed by atoms with van der Waals surface area (Å²) in [5.41, 5.74) is 3.67. The second-order valence-electron chi connectivity index (χ2n) is 4.27. The molecule has 0 saturated carbocycles. The second-order valence-corrected chi connectivity index (χ2v) is 4.92. The molecule has 0 amide bonds. The summed E-state index contributed by atoms with van der Waals surface area (Å²) in [7, 11) is 0. The van der Waals surface area contributed by atoms with E-state index in [4.69, 9.17) is 16.1 Å². The summed E-state index contributed by atoms with van der Waals surface area (Å²) in [5.74, 6) is 1.16. The van der Waals surface area contributed by atoms with Crippen molar-refractivity contribution < 1.29 is 4.52 Å². The van der Waals surface area contributed by atoms with Crippen molar-refractivity contribution in [1.82, 2.24) is 10.1 Å². The SMILES string of the molecule is Cc1ccc(C)c(Cc2nc(C(C)Cl)no2)c1. The number of halogens is 1. The van der Waals surface area contributed by atoms with Crippen LogP contribution in [0.3, 0.4) is 0 Å². The van der Waals surface area contributed by atoms with Gasteiger partial charge in [-0.2, -0.15) is 4.98 Å². The van der Waals surface area contributed by atoms with E-state index in [0.29, 0.717) is 18.1 Å². The Morgan fingerprint density at radius 2 is 2.12 bits per heavy atom. The number of aromatic nitrogens is 2. The first-order valence-electron chi connectivity index (χ1n) is 5.59. The lowest BCUT2D eigenvalue weighted by molar-refractivity contribution is 0.379. The van der Waals surface area contributed by atoms with Gasteiger partial charge in [0, 0.05) is 0 Å². The van der Waals surface area contributed by atoms with E-state index in [1.807, 2.05) is 6.92 Å². The van der Waals surface area contributed by atoms with Crippen LogP contribution in [0.15, 0.2) is 22.7 Å². The van der Waals surface area contributed by atoms with Crippen LogP contribution in [0.2, 0.25) is 0 Å². The summed E-state index contributed by atoms with van der Waals surface area (Å²) >= 11 is 5.89. The highest BCUT2D eigenvalue weighted by Gasteiger charge is 2.12. The van der Waals surface area contributed by atoms with Crippen molar-refractivity contribution >= 4 is 11.6 Å². The van der Waals surface area contributed by atoms with Crippen LogP contribution in [0.4, 0.5) is 0 Å². The number of benzene rings is 1. The molecule has 0 spiro atoms. The van der Waals surface area contributed by atoms with E-state index in [-0.39, 0.29) is 5.38 Å². The summed E-state index contributed by atoms with van der Waals surface area (Å²) in [6, 6.07) is 6.34. The third-order valence-electron chi connectivity index (χ3n) is 2.69. The number of aryl methyl sites for hydroxylation is 2. The highest BCUT2D eigenvalue weighted by molar-refractivity contribution is 6.20. The van der Waals surface area contributed by atoms with E-state index < -0.39 is 0 Å². The molecule has 2 rings (SSSR count). The Kier molecular flexibility index (Phi) is 3.48.